The fourth-order valence-electron chi connectivity index (χ4n) is 4.73. The van der Waals surface area contributed by atoms with Gasteiger partial charge in [0.25, 0.3) is 0 Å². The molecular weight excluding hydrogens is 588 g/mol. The van der Waals surface area contributed by atoms with Crippen molar-refractivity contribution in [1.82, 2.24) is 5.32 Å². The van der Waals surface area contributed by atoms with Crippen molar-refractivity contribution in [3.63, 3.8) is 0 Å². The Morgan fingerprint density at radius 2 is 1.23 bits per heavy atom. The van der Waals surface area contributed by atoms with Gasteiger partial charge in [0.05, 0.1) is 0 Å². The topological polar surface area (TPSA) is 119 Å². The maximum Gasteiger partial charge on any atom is 0.326 e. The lowest BCUT2D eigenvalue weighted by molar-refractivity contribution is -0.147. The maximum atomic E-state index is 12.6. The predicted octanol–water partition coefficient (Wildman–Crippen LogP) is 9.61. The van der Waals surface area contributed by atoms with E-state index < -0.39 is 12.0 Å². The number of allylic oxidation sites excluding steroid dienone is 11. The second kappa shape index (κ2) is 34.2. The van der Waals surface area contributed by atoms with Crippen LogP contribution in [0.1, 0.15) is 142 Å². The number of ether oxygens (including phenoxy) is 1. The van der Waals surface area contributed by atoms with E-state index >= 15 is 0 Å². The van der Waals surface area contributed by atoms with Gasteiger partial charge in [-0.05, 0) is 103 Å². The Morgan fingerprint density at radius 3 is 1.85 bits per heavy atom. The van der Waals surface area contributed by atoms with Crippen LogP contribution >= 0.6 is 0 Å². The summed E-state index contributed by atoms with van der Waals surface area (Å²) >= 11 is 0. The van der Waals surface area contributed by atoms with Crippen LogP contribution in [0.2, 0.25) is 0 Å². The van der Waals surface area contributed by atoms with E-state index in [1.807, 2.05) is 6.08 Å². The summed E-state index contributed by atoms with van der Waals surface area (Å²) in [5.74, 6) is -1.41. The molecule has 0 saturated heterocycles. The van der Waals surface area contributed by atoms with Crippen molar-refractivity contribution < 1.29 is 24.2 Å². The molecule has 0 aromatic heterocycles. The molecule has 0 spiro atoms. The normalized spacial score (nSPS) is 13.6. The molecule has 7 heteroatoms. The van der Waals surface area contributed by atoms with E-state index in [2.05, 4.69) is 86.0 Å². The van der Waals surface area contributed by atoms with Crippen molar-refractivity contribution in [2.75, 3.05) is 6.54 Å². The van der Waals surface area contributed by atoms with Gasteiger partial charge in [-0.25, -0.2) is 4.79 Å². The van der Waals surface area contributed by atoms with Gasteiger partial charge in [0.2, 0.25) is 5.91 Å². The first-order chi connectivity index (χ1) is 22.9. The van der Waals surface area contributed by atoms with Gasteiger partial charge in [-0.2, -0.15) is 0 Å². The molecule has 0 bridgehead atoms. The van der Waals surface area contributed by atoms with Crippen LogP contribution in [-0.2, 0) is 19.1 Å². The number of carboxylic acid groups (broad SMARTS) is 1. The molecule has 0 fully saturated rings. The smallest absolute Gasteiger partial charge is 0.326 e. The molecule has 266 valence electrons. The molecule has 4 N–H and O–H groups in total. The Hall–Kier alpha value is -3.19. The van der Waals surface area contributed by atoms with E-state index in [0.717, 1.165) is 83.5 Å². The molecule has 2 atom stereocenters. The molecule has 0 saturated carbocycles. The highest BCUT2D eigenvalue weighted by Crippen LogP contribution is 2.14. The fourth-order valence-corrected chi connectivity index (χ4v) is 4.73. The summed E-state index contributed by atoms with van der Waals surface area (Å²) < 4.78 is 5.84. The number of aliphatic carboxylic acids is 1. The van der Waals surface area contributed by atoms with Crippen LogP contribution in [0.3, 0.4) is 0 Å². The third kappa shape index (κ3) is 31.2. The van der Waals surface area contributed by atoms with E-state index in [1.165, 1.54) is 12.8 Å². The molecule has 7 nitrogen and oxygen atoms in total. The minimum absolute atomic E-state index is 0.150. The molecular formula is C40H66N2O5. The summed E-state index contributed by atoms with van der Waals surface area (Å²) in [6, 6.07) is -0.880. The second-order valence-corrected chi connectivity index (χ2v) is 11.9. The molecule has 0 rings (SSSR count). The number of unbranched alkanes of at least 4 members (excludes halogenated alkanes) is 7. The number of hydrogen-bond donors (Lipinski definition) is 3. The van der Waals surface area contributed by atoms with Gasteiger partial charge in [-0.15, -0.1) is 0 Å². The molecule has 1 amide bonds. The van der Waals surface area contributed by atoms with Crippen LogP contribution in [0, 0.1) is 0 Å². The number of hydrogen-bond acceptors (Lipinski definition) is 5. The summed E-state index contributed by atoms with van der Waals surface area (Å²) in [5, 5.41) is 11.9. The third-order valence-corrected chi connectivity index (χ3v) is 7.49. The Labute approximate surface area is 286 Å². The lowest BCUT2D eigenvalue weighted by Crippen LogP contribution is -2.40. The summed E-state index contributed by atoms with van der Waals surface area (Å²) in [7, 11) is 0. The molecule has 0 radical (unpaired) electrons. The summed E-state index contributed by atoms with van der Waals surface area (Å²) in [4.78, 5) is 36.1. The van der Waals surface area contributed by atoms with Gasteiger partial charge < -0.3 is 20.9 Å². The van der Waals surface area contributed by atoms with Crippen LogP contribution in [0.5, 0.6) is 0 Å². The van der Waals surface area contributed by atoms with E-state index in [0.29, 0.717) is 38.6 Å². The zero-order valence-electron chi connectivity index (χ0n) is 29.6. The maximum absolute atomic E-state index is 12.6. The molecule has 0 heterocycles. The summed E-state index contributed by atoms with van der Waals surface area (Å²) in [6.07, 6.45) is 42.5. The SMILES string of the molecule is CC/C=C\C/C=C\C/C=C\C/C=C\CCCCC(=O)OC(/C=C\C/C=C\CCCC)CCCCCCC(=O)NC(CCCN)C(=O)O. The van der Waals surface area contributed by atoms with Crippen LogP contribution in [-0.4, -0.2) is 41.6 Å². The average molecular weight is 655 g/mol. The number of carboxylic acids is 1. The Balaban J connectivity index is 4.43. The quantitative estimate of drug-likeness (QED) is 0.0389. The van der Waals surface area contributed by atoms with Crippen molar-refractivity contribution in [1.29, 1.82) is 0 Å². The van der Waals surface area contributed by atoms with Gasteiger partial charge in [-0.3, -0.25) is 9.59 Å². The van der Waals surface area contributed by atoms with E-state index in [4.69, 9.17) is 10.5 Å². The first kappa shape index (κ1) is 43.8. The standard InChI is InChI=1S/C40H66N2O5/c1-3-5-7-9-11-12-13-14-15-16-17-18-20-22-28-34-39(44)47-36(30-25-21-19-10-8-6-4-2)31-26-23-24-27-33-38(43)42-37(40(45)46)32-29-35-41/h5,7,10-12,14-15,17-19,25,30,36-37H,3-4,6,8-9,13,16,20-24,26-29,31-35,41H2,1-2H3,(H,42,43)(H,45,46)/b7-5-,12-11-,15-14-,18-17-,19-10-,30-25-. The first-order valence-electron chi connectivity index (χ1n) is 18.3. The van der Waals surface area contributed by atoms with Gasteiger partial charge in [-0.1, -0.05) is 106 Å². The first-order valence-corrected chi connectivity index (χ1v) is 18.3. The van der Waals surface area contributed by atoms with Gasteiger partial charge >= 0.3 is 11.9 Å². The van der Waals surface area contributed by atoms with Crippen LogP contribution in [0.4, 0.5) is 0 Å². The van der Waals surface area contributed by atoms with Crippen LogP contribution < -0.4 is 11.1 Å². The van der Waals surface area contributed by atoms with Crippen LogP contribution in [0.25, 0.3) is 0 Å². The van der Waals surface area contributed by atoms with Gasteiger partial charge in [0.1, 0.15) is 12.1 Å². The number of esters is 1. The van der Waals surface area contributed by atoms with E-state index in [-0.39, 0.29) is 18.0 Å². The zero-order valence-corrected chi connectivity index (χ0v) is 29.6. The Bertz CT molecular complexity index is 964. The highest BCUT2D eigenvalue weighted by molar-refractivity contribution is 5.83. The minimum Gasteiger partial charge on any atom is -0.480 e. The van der Waals surface area contributed by atoms with Crippen molar-refractivity contribution in [3.8, 4) is 0 Å². The summed E-state index contributed by atoms with van der Waals surface area (Å²) in [5.41, 5.74) is 5.46. The Morgan fingerprint density at radius 1 is 0.660 bits per heavy atom. The van der Waals surface area contributed by atoms with Crippen molar-refractivity contribution in [3.05, 3.63) is 72.9 Å². The summed E-state index contributed by atoms with van der Waals surface area (Å²) in [6.45, 7) is 4.73. The predicted molar refractivity (Wildman–Crippen MR) is 197 cm³/mol. The fraction of sp³-hybridized carbons (Fsp3) is 0.625. The zero-order chi connectivity index (χ0) is 34.6. The molecule has 0 aliphatic carbocycles. The van der Waals surface area contributed by atoms with Gasteiger partial charge in [0.15, 0.2) is 0 Å². The number of amides is 1. The molecule has 2 unspecified atom stereocenters. The van der Waals surface area contributed by atoms with E-state index in [1.54, 1.807) is 0 Å². The minimum atomic E-state index is -1.03. The largest absolute Gasteiger partial charge is 0.480 e. The third-order valence-electron chi connectivity index (χ3n) is 7.49. The van der Waals surface area contributed by atoms with Crippen molar-refractivity contribution in [2.45, 2.75) is 154 Å². The molecule has 0 aromatic carbocycles. The lowest BCUT2D eigenvalue weighted by Gasteiger charge is -2.15. The molecule has 0 aliphatic heterocycles. The average Bonchev–Trinajstić information content (AvgIpc) is 3.05. The molecule has 0 aliphatic rings. The van der Waals surface area contributed by atoms with Crippen LogP contribution in [0.15, 0.2) is 72.9 Å². The number of nitrogens with one attached hydrogen (secondary N) is 1. The number of rotatable bonds is 31. The number of nitrogens with two attached hydrogens (primary N) is 1. The van der Waals surface area contributed by atoms with E-state index in [9.17, 15) is 19.5 Å². The van der Waals surface area contributed by atoms with Crippen molar-refractivity contribution in [2.24, 2.45) is 5.73 Å². The number of carbonyl (C=O) groups excluding carboxylic acids is 2. The number of carbonyl (C=O) groups is 3. The van der Waals surface area contributed by atoms with Crippen molar-refractivity contribution >= 4 is 17.8 Å². The monoisotopic (exact) mass is 654 g/mol. The highest BCUT2D eigenvalue weighted by atomic mass is 16.5. The Kier molecular flexibility index (Phi) is 31.8. The lowest BCUT2D eigenvalue weighted by atomic mass is 10.1. The molecule has 47 heavy (non-hydrogen) atoms. The highest BCUT2D eigenvalue weighted by Gasteiger charge is 2.18. The van der Waals surface area contributed by atoms with Gasteiger partial charge in [0, 0.05) is 12.8 Å². The molecule has 0 aromatic rings. The second-order valence-electron chi connectivity index (χ2n) is 11.9.